The monoisotopic (exact) mass is 274 g/mol. The van der Waals surface area contributed by atoms with Crippen molar-refractivity contribution in [1.29, 1.82) is 0 Å². The summed E-state index contributed by atoms with van der Waals surface area (Å²) >= 11 is 0. The van der Waals surface area contributed by atoms with E-state index < -0.39 is 23.7 Å². The first-order chi connectivity index (χ1) is 8.61. The Morgan fingerprint density at radius 1 is 1.21 bits per heavy atom. The molecule has 0 fully saturated rings. The average Bonchev–Trinajstić information content (AvgIpc) is 2.19. The lowest BCUT2D eigenvalue weighted by Crippen LogP contribution is -2.42. The Balaban J connectivity index is 3.88. The maximum atomic E-state index is 11.3. The molecule has 0 bridgehead atoms. The zero-order valence-corrected chi connectivity index (χ0v) is 12.4. The summed E-state index contributed by atoms with van der Waals surface area (Å²) < 4.78 is 5.06. The first-order valence-corrected chi connectivity index (χ1v) is 6.55. The van der Waals surface area contributed by atoms with E-state index in [4.69, 9.17) is 9.84 Å². The molecule has 0 saturated heterocycles. The molecular formula is C13H26N2O4. The number of carboxylic acids is 1. The third kappa shape index (κ3) is 10.3. The Bertz CT molecular complexity index is 298. The molecule has 112 valence electrons. The maximum absolute atomic E-state index is 11.3. The van der Waals surface area contributed by atoms with Gasteiger partial charge in [0.1, 0.15) is 11.6 Å². The fourth-order valence-corrected chi connectivity index (χ4v) is 1.47. The molecule has 1 unspecified atom stereocenters. The van der Waals surface area contributed by atoms with Gasteiger partial charge in [0.05, 0.1) is 0 Å². The second-order valence-corrected chi connectivity index (χ2v) is 5.90. The van der Waals surface area contributed by atoms with Gasteiger partial charge < -0.3 is 20.5 Å². The van der Waals surface area contributed by atoms with Crippen LogP contribution in [0, 0.1) is 5.92 Å². The number of hydrogen-bond acceptors (Lipinski definition) is 4. The molecule has 0 aromatic heterocycles. The highest BCUT2D eigenvalue weighted by Gasteiger charge is 2.18. The molecule has 6 heteroatoms. The number of carbonyl (C=O) groups is 2. The Labute approximate surface area is 114 Å². The van der Waals surface area contributed by atoms with Crippen LogP contribution in [0.4, 0.5) is 4.79 Å². The number of carboxylic acid groups (broad SMARTS) is 1. The van der Waals surface area contributed by atoms with Gasteiger partial charge in [0, 0.05) is 13.1 Å². The molecule has 0 aromatic carbocycles. The van der Waals surface area contributed by atoms with Gasteiger partial charge in [-0.15, -0.1) is 0 Å². The molecule has 0 aromatic rings. The van der Waals surface area contributed by atoms with Crippen molar-refractivity contribution in [3.63, 3.8) is 0 Å². The van der Waals surface area contributed by atoms with Crippen molar-refractivity contribution in [3.8, 4) is 0 Å². The molecule has 1 amide bonds. The van der Waals surface area contributed by atoms with E-state index in [9.17, 15) is 9.59 Å². The molecular weight excluding hydrogens is 248 g/mol. The minimum Gasteiger partial charge on any atom is -0.480 e. The molecule has 0 heterocycles. The minimum absolute atomic E-state index is 0.299. The van der Waals surface area contributed by atoms with Crippen LogP contribution in [0.15, 0.2) is 0 Å². The predicted octanol–water partition coefficient (Wildman–Crippen LogP) is 1.60. The topological polar surface area (TPSA) is 87.7 Å². The van der Waals surface area contributed by atoms with Gasteiger partial charge in [0.25, 0.3) is 0 Å². The van der Waals surface area contributed by atoms with Crippen molar-refractivity contribution in [2.45, 2.75) is 52.7 Å². The van der Waals surface area contributed by atoms with Gasteiger partial charge in [-0.1, -0.05) is 13.8 Å². The number of carbonyl (C=O) groups excluding carboxylic acids is 1. The Kier molecular flexibility index (Phi) is 7.44. The lowest BCUT2D eigenvalue weighted by atomic mass is 10.0. The minimum atomic E-state index is -0.869. The van der Waals surface area contributed by atoms with Crippen LogP contribution in [0.5, 0.6) is 0 Å². The summed E-state index contributed by atoms with van der Waals surface area (Å²) in [6, 6.07) is -0.583. The van der Waals surface area contributed by atoms with E-state index >= 15 is 0 Å². The molecule has 0 aliphatic heterocycles. The van der Waals surface area contributed by atoms with Crippen molar-refractivity contribution in [1.82, 2.24) is 10.6 Å². The summed E-state index contributed by atoms with van der Waals surface area (Å²) in [5, 5.41) is 14.5. The van der Waals surface area contributed by atoms with Gasteiger partial charge in [-0.2, -0.15) is 0 Å². The number of aliphatic carboxylic acids is 1. The van der Waals surface area contributed by atoms with Gasteiger partial charge in [0.2, 0.25) is 0 Å². The number of alkyl carbamates (subject to hydrolysis) is 1. The predicted molar refractivity (Wildman–Crippen MR) is 73.1 cm³/mol. The highest BCUT2D eigenvalue weighted by atomic mass is 16.6. The van der Waals surface area contributed by atoms with Crippen LogP contribution in [0.2, 0.25) is 0 Å². The van der Waals surface area contributed by atoms with Crippen LogP contribution in [-0.4, -0.2) is 41.9 Å². The number of rotatable bonds is 7. The van der Waals surface area contributed by atoms with Gasteiger partial charge in [-0.25, -0.2) is 4.79 Å². The van der Waals surface area contributed by atoms with Gasteiger partial charge in [-0.05, 0) is 33.1 Å². The van der Waals surface area contributed by atoms with Crippen LogP contribution in [0.3, 0.4) is 0 Å². The molecule has 0 aliphatic carbocycles. The van der Waals surface area contributed by atoms with Crippen LogP contribution >= 0.6 is 0 Å². The summed E-state index contributed by atoms with van der Waals surface area (Å²) in [5.41, 5.74) is -0.529. The molecule has 0 saturated carbocycles. The molecule has 6 nitrogen and oxygen atoms in total. The van der Waals surface area contributed by atoms with Crippen molar-refractivity contribution < 1.29 is 19.4 Å². The summed E-state index contributed by atoms with van der Waals surface area (Å²) in [7, 11) is 0. The fourth-order valence-electron chi connectivity index (χ4n) is 1.47. The van der Waals surface area contributed by atoms with Gasteiger partial charge in [0.15, 0.2) is 0 Å². The van der Waals surface area contributed by atoms with Crippen molar-refractivity contribution >= 4 is 12.1 Å². The van der Waals surface area contributed by atoms with Crippen LogP contribution in [0.25, 0.3) is 0 Å². The van der Waals surface area contributed by atoms with Gasteiger partial charge in [-0.3, -0.25) is 4.79 Å². The highest BCUT2D eigenvalue weighted by Crippen LogP contribution is 2.06. The van der Waals surface area contributed by atoms with Gasteiger partial charge >= 0.3 is 12.1 Å². The van der Waals surface area contributed by atoms with E-state index in [1.165, 1.54) is 0 Å². The van der Waals surface area contributed by atoms with E-state index in [2.05, 4.69) is 10.6 Å². The fraction of sp³-hybridized carbons (Fsp3) is 0.846. The van der Waals surface area contributed by atoms with E-state index in [0.717, 1.165) is 0 Å². The normalized spacial score (nSPS) is 13.2. The van der Waals surface area contributed by atoms with E-state index in [0.29, 0.717) is 25.4 Å². The third-order valence-corrected chi connectivity index (χ3v) is 2.19. The SMILES string of the molecule is CC(C)CC(NCCNC(=O)OC(C)(C)C)C(=O)O. The summed E-state index contributed by atoms with van der Waals surface area (Å²) in [6.45, 7) is 10.0. The van der Waals surface area contributed by atoms with Crippen LogP contribution in [0.1, 0.15) is 41.0 Å². The molecule has 0 aliphatic rings. The third-order valence-electron chi connectivity index (χ3n) is 2.19. The molecule has 1 atom stereocenters. The maximum Gasteiger partial charge on any atom is 0.407 e. The second-order valence-electron chi connectivity index (χ2n) is 5.90. The molecule has 0 spiro atoms. The zero-order chi connectivity index (χ0) is 15.1. The largest absolute Gasteiger partial charge is 0.480 e. The Hall–Kier alpha value is -1.30. The van der Waals surface area contributed by atoms with Crippen LogP contribution < -0.4 is 10.6 Å². The van der Waals surface area contributed by atoms with E-state index in [-0.39, 0.29) is 0 Å². The molecule has 3 N–H and O–H groups in total. The summed E-state index contributed by atoms with van der Waals surface area (Å²) in [4.78, 5) is 22.3. The first kappa shape index (κ1) is 17.7. The van der Waals surface area contributed by atoms with Crippen molar-refractivity contribution in [2.75, 3.05) is 13.1 Å². The number of hydrogen-bond donors (Lipinski definition) is 3. The number of nitrogens with one attached hydrogen (secondary N) is 2. The smallest absolute Gasteiger partial charge is 0.407 e. The summed E-state index contributed by atoms with van der Waals surface area (Å²) in [5.74, 6) is -0.571. The molecule has 0 radical (unpaired) electrons. The average molecular weight is 274 g/mol. The highest BCUT2D eigenvalue weighted by molar-refractivity contribution is 5.73. The van der Waals surface area contributed by atoms with E-state index in [1.807, 2.05) is 13.8 Å². The number of amides is 1. The zero-order valence-electron chi connectivity index (χ0n) is 12.4. The molecule has 19 heavy (non-hydrogen) atoms. The first-order valence-electron chi connectivity index (χ1n) is 6.55. The summed E-state index contributed by atoms with van der Waals surface area (Å²) in [6.07, 6.45) is 0.0620. The molecule has 0 rings (SSSR count). The standard InChI is InChI=1S/C13H26N2O4/c1-9(2)8-10(11(16)17)14-6-7-15-12(18)19-13(3,4)5/h9-10,14H,6-8H2,1-5H3,(H,15,18)(H,16,17). The Morgan fingerprint density at radius 3 is 2.21 bits per heavy atom. The van der Waals surface area contributed by atoms with Crippen molar-refractivity contribution in [3.05, 3.63) is 0 Å². The van der Waals surface area contributed by atoms with E-state index in [1.54, 1.807) is 20.8 Å². The second kappa shape index (κ2) is 7.99. The quantitative estimate of drug-likeness (QED) is 0.614. The Morgan fingerprint density at radius 2 is 1.79 bits per heavy atom. The lowest BCUT2D eigenvalue weighted by molar-refractivity contribution is -0.139. The lowest BCUT2D eigenvalue weighted by Gasteiger charge is -2.20. The van der Waals surface area contributed by atoms with Crippen molar-refractivity contribution in [2.24, 2.45) is 5.92 Å². The van der Waals surface area contributed by atoms with Crippen LogP contribution in [-0.2, 0) is 9.53 Å². The number of ether oxygens (including phenoxy) is 1.